The van der Waals surface area contributed by atoms with E-state index in [2.05, 4.69) is 5.32 Å². The zero-order valence-electron chi connectivity index (χ0n) is 17.9. The Balaban J connectivity index is 1.69. The van der Waals surface area contributed by atoms with Gasteiger partial charge in [-0.05, 0) is 67.3 Å². The average Bonchev–Trinajstić information content (AvgIpc) is 2.74. The molecule has 1 N–H and O–H groups in total. The van der Waals surface area contributed by atoms with Crippen molar-refractivity contribution < 1.29 is 18.4 Å². The lowest BCUT2D eigenvalue weighted by atomic mass is 9.90. The molecule has 1 unspecified atom stereocenters. The highest BCUT2D eigenvalue weighted by molar-refractivity contribution is 6.40. The molecule has 3 rings (SSSR count). The van der Waals surface area contributed by atoms with E-state index in [4.69, 9.17) is 23.2 Å². The average molecular weight is 483 g/mol. The number of anilines is 1. The van der Waals surface area contributed by atoms with Gasteiger partial charge in [0.15, 0.2) is 0 Å². The van der Waals surface area contributed by atoms with Crippen molar-refractivity contribution in [3.8, 4) is 0 Å². The van der Waals surface area contributed by atoms with Crippen LogP contribution in [0.15, 0.2) is 30.3 Å². The predicted molar refractivity (Wildman–Crippen MR) is 123 cm³/mol. The second-order valence-corrected chi connectivity index (χ2v) is 8.95. The molecule has 1 heterocycles. The lowest BCUT2D eigenvalue weighted by molar-refractivity contribution is -0.121. The summed E-state index contributed by atoms with van der Waals surface area (Å²) < 4.78 is 27.3. The normalized spacial score (nSPS) is 16.3. The Labute approximate surface area is 196 Å². The Morgan fingerprint density at radius 2 is 1.88 bits per heavy atom. The van der Waals surface area contributed by atoms with Crippen molar-refractivity contribution in [3.05, 3.63) is 63.1 Å². The van der Waals surface area contributed by atoms with Gasteiger partial charge >= 0.3 is 0 Å². The molecule has 2 aromatic carbocycles. The molecule has 0 saturated carbocycles. The quantitative estimate of drug-likeness (QED) is 0.489. The largest absolute Gasteiger partial charge is 0.359 e. The summed E-state index contributed by atoms with van der Waals surface area (Å²) in [5.74, 6) is -1.26. The van der Waals surface area contributed by atoms with Crippen LogP contribution in [-0.2, 0) is 22.4 Å². The van der Waals surface area contributed by atoms with E-state index in [1.165, 1.54) is 12.1 Å². The monoisotopic (exact) mass is 482 g/mol. The van der Waals surface area contributed by atoms with Crippen LogP contribution in [0.1, 0.15) is 43.2 Å². The molecule has 0 aromatic heterocycles. The fourth-order valence-electron chi connectivity index (χ4n) is 4.05. The Kier molecular flexibility index (Phi) is 8.49. The zero-order valence-corrected chi connectivity index (χ0v) is 19.4. The van der Waals surface area contributed by atoms with E-state index >= 15 is 0 Å². The summed E-state index contributed by atoms with van der Waals surface area (Å²) in [6, 6.07) is 7.18. The van der Waals surface area contributed by atoms with E-state index in [0.717, 1.165) is 30.9 Å². The number of halogens is 4. The number of nitrogens with zero attached hydrogens (tertiary/aromatic N) is 1. The van der Waals surface area contributed by atoms with Crippen LogP contribution < -0.4 is 10.2 Å². The zero-order chi connectivity index (χ0) is 23.3. The summed E-state index contributed by atoms with van der Waals surface area (Å²) in [6.45, 7) is 0.362. The minimum Gasteiger partial charge on any atom is -0.359 e. The molecule has 0 bridgehead atoms. The van der Waals surface area contributed by atoms with Crippen molar-refractivity contribution in [1.29, 1.82) is 0 Å². The van der Waals surface area contributed by atoms with Crippen molar-refractivity contribution in [1.82, 2.24) is 5.32 Å². The molecule has 4 nitrogen and oxygen atoms in total. The summed E-state index contributed by atoms with van der Waals surface area (Å²) in [6.07, 6.45) is 4.07. The number of carbonyl (C=O) groups excluding carboxylic acids is 2. The first kappa shape index (κ1) is 24.5. The van der Waals surface area contributed by atoms with Gasteiger partial charge in [0.1, 0.15) is 11.6 Å². The Hall–Kier alpha value is -2.18. The minimum absolute atomic E-state index is 0.00387. The van der Waals surface area contributed by atoms with Gasteiger partial charge in [-0.15, -0.1) is 0 Å². The van der Waals surface area contributed by atoms with Crippen molar-refractivity contribution in [2.75, 3.05) is 18.5 Å². The SMILES string of the molecule is CNC(=O)CCCCc1cc(Cl)c(N2CC(Cc3ccc(F)cc3F)CCC2=O)c(Cl)c1. The molecule has 0 spiro atoms. The van der Waals surface area contributed by atoms with Gasteiger partial charge in [-0.1, -0.05) is 29.3 Å². The molecule has 1 atom stereocenters. The summed E-state index contributed by atoms with van der Waals surface area (Å²) in [4.78, 5) is 25.6. The fourth-order valence-corrected chi connectivity index (χ4v) is 4.79. The molecule has 0 aliphatic carbocycles. The number of hydrogen-bond donors (Lipinski definition) is 1. The maximum Gasteiger partial charge on any atom is 0.227 e. The van der Waals surface area contributed by atoms with Crippen molar-refractivity contribution >= 4 is 40.7 Å². The van der Waals surface area contributed by atoms with Gasteiger partial charge in [-0.2, -0.15) is 0 Å². The number of aryl methyl sites for hydroxylation is 1. The van der Waals surface area contributed by atoms with Crippen LogP contribution >= 0.6 is 23.2 Å². The first-order valence-electron chi connectivity index (χ1n) is 10.7. The van der Waals surface area contributed by atoms with Gasteiger partial charge in [0.05, 0.1) is 15.7 Å². The number of nitrogens with one attached hydrogen (secondary N) is 1. The van der Waals surface area contributed by atoms with Gasteiger partial charge < -0.3 is 10.2 Å². The molecule has 2 aromatic rings. The molecule has 8 heteroatoms. The first-order chi connectivity index (χ1) is 15.3. The number of piperidine rings is 1. The molecular formula is C24H26Cl2F2N2O2. The summed E-state index contributed by atoms with van der Waals surface area (Å²) in [5.41, 5.74) is 1.83. The van der Waals surface area contributed by atoms with Crippen molar-refractivity contribution in [2.45, 2.75) is 44.9 Å². The van der Waals surface area contributed by atoms with Gasteiger partial charge in [0.2, 0.25) is 11.8 Å². The first-order valence-corrected chi connectivity index (χ1v) is 11.5. The summed E-state index contributed by atoms with van der Waals surface area (Å²) in [5, 5.41) is 3.38. The third-order valence-corrected chi connectivity index (χ3v) is 6.35. The molecule has 2 amide bonds. The van der Waals surface area contributed by atoms with Gasteiger partial charge in [-0.25, -0.2) is 8.78 Å². The Morgan fingerprint density at radius 3 is 2.53 bits per heavy atom. The highest BCUT2D eigenvalue weighted by atomic mass is 35.5. The highest BCUT2D eigenvalue weighted by Crippen LogP contribution is 2.38. The smallest absolute Gasteiger partial charge is 0.227 e. The van der Waals surface area contributed by atoms with Crippen LogP contribution in [0.3, 0.4) is 0 Å². The third kappa shape index (κ3) is 6.20. The van der Waals surface area contributed by atoms with E-state index in [1.807, 2.05) is 0 Å². The van der Waals surface area contributed by atoms with Crippen LogP contribution in [0, 0.1) is 17.6 Å². The molecule has 1 aliphatic heterocycles. The van der Waals surface area contributed by atoms with Crippen LogP contribution in [0.25, 0.3) is 0 Å². The maximum absolute atomic E-state index is 14.1. The van der Waals surface area contributed by atoms with E-state index in [0.29, 0.717) is 53.5 Å². The number of benzene rings is 2. The predicted octanol–water partition coefficient (Wildman–Crippen LogP) is 5.72. The molecule has 0 radical (unpaired) electrons. The van der Waals surface area contributed by atoms with Crippen molar-refractivity contribution in [2.24, 2.45) is 5.92 Å². The fraction of sp³-hybridized carbons (Fsp3) is 0.417. The maximum atomic E-state index is 14.1. The molecular weight excluding hydrogens is 457 g/mol. The number of amides is 2. The van der Waals surface area contributed by atoms with Crippen LogP contribution in [-0.4, -0.2) is 25.4 Å². The second kappa shape index (κ2) is 11.1. The van der Waals surface area contributed by atoms with Crippen LogP contribution in [0.2, 0.25) is 10.0 Å². The van der Waals surface area contributed by atoms with E-state index in [9.17, 15) is 18.4 Å². The lowest BCUT2D eigenvalue weighted by Crippen LogP contribution is -2.41. The summed E-state index contributed by atoms with van der Waals surface area (Å²) >= 11 is 13.1. The molecule has 32 heavy (non-hydrogen) atoms. The molecule has 1 aliphatic rings. The number of carbonyl (C=O) groups is 2. The topological polar surface area (TPSA) is 49.4 Å². The van der Waals surface area contributed by atoms with Gasteiger partial charge in [0.25, 0.3) is 0 Å². The molecule has 172 valence electrons. The van der Waals surface area contributed by atoms with Gasteiger partial charge in [0, 0.05) is 32.5 Å². The van der Waals surface area contributed by atoms with Gasteiger partial charge in [-0.3, -0.25) is 9.59 Å². The van der Waals surface area contributed by atoms with Crippen LogP contribution in [0.4, 0.5) is 14.5 Å². The Bertz CT molecular complexity index is 977. The van der Waals surface area contributed by atoms with Crippen molar-refractivity contribution in [3.63, 3.8) is 0 Å². The highest BCUT2D eigenvalue weighted by Gasteiger charge is 2.30. The summed E-state index contributed by atoms with van der Waals surface area (Å²) in [7, 11) is 1.61. The molecule has 1 fully saturated rings. The van der Waals surface area contributed by atoms with Crippen LogP contribution in [0.5, 0.6) is 0 Å². The Morgan fingerprint density at radius 1 is 1.16 bits per heavy atom. The lowest BCUT2D eigenvalue weighted by Gasteiger charge is -2.34. The standard InChI is InChI=1S/C24H26Cl2F2N2O2/c1-29-22(31)5-3-2-4-15-11-19(25)24(20(26)12-15)30-14-16(6-9-23(30)32)10-17-7-8-18(27)13-21(17)28/h7-8,11-13,16H,2-6,9-10,14H2,1H3,(H,29,31). The number of rotatable bonds is 8. The second-order valence-electron chi connectivity index (χ2n) is 8.14. The number of unbranched alkanes of at least 4 members (excludes halogenated alkanes) is 1. The van der Waals surface area contributed by atoms with E-state index in [-0.39, 0.29) is 17.7 Å². The molecule has 1 saturated heterocycles. The minimum atomic E-state index is -0.612. The van der Waals surface area contributed by atoms with E-state index < -0.39 is 11.6 Å². The number of hydrogen-bond acceptors (Lipinski definition) is 2. The third-order valence-electron chi connectivity index (χ3n) is 5.78. The van der Waals surface area contributed by atoms with E-state index in [1.54, 1.807) is 24.1 Å².